The zero-order chi connectivity index (χ0) is 30.8. The SMILES string of the molecule is Nc1nc(C(=O)N[C@H](CO)C(=O)OC(=O)c2ccccc2)c(N)nc1C(=O)N=C(CO)C(=O)OC(=O)c1ccccc1. The molecular formula is C26H22N6O10. The summed E-state index contributed by atoms with van der Waals surface area (Å²) in [4.78, 5) is 84.7. The van der Waals surface area contributed by atoms with Crippen molar-refractivity contribution in [2.45, 2.75) is 6.04 Å². The monoisotopic (exact) mass is 578 g/mol. The van der Waals surface area contributed by atoms with Crippen molar-refractivity contribution in [2.24, 2.45) is 4.99 Å². The Balaban J connectivity index is 1.72. The Morgan fingerprint density at radius 1 is 0.786 bits per heavy atom. The largest absolute Gasteiger partial charge is 0.394 e. The number of carbonyl (C=O) groups excluding carboxylic acids is 6. The number of aromatic nitrogens is 2. The Morgan fingerprint density at radius 2 is 1.29 bits per heavy atom. The normalized spacial score (nSPS) is 11.6. The van der Waals surface area contributed by atoms with Gasteiger partial charge in [-0.1, -0.05) is 36.4 Å². The van der Waals surface area contributed by atoms with Crippen LogP contribution < -0.4 is 16.8 Å². The molecule has 0 unspecified atom stereocenters. The first kappa shape index (κ1) is 30.7. The van der Waals surface area contributed by atoms with Gasteiger partial charge < -0.3 is 36.5 Å². The van der Waals surface area contributed by atoms with Crippen LogP contribution in [0.3, 0.4) is 0 Å². The van der Waals surface area contributed by atoms with Gasteiger partial charge in [0.15, 0.2) is 34.8 Å². The maximum Gasteiger partial charge on any atom is 0.363 e. The molecule has 7 N–H and O–H groups in total. The second kappa shape index (κ2) is 14.0. The molecule has 1 atom stereocenters. The van der Waals surface area contributed by atoms with E-state index in [1.54, 1.807) is 12.1 Å². The van der Waals surface area contributed by atoms with E-state index in [-0.39, 0.29) is 11.1 Å². The zero-order valence-electron chi connectivity index (χ0n) is 21.4. The van der Waals surface area contributed by atoms with Crippen molar-refractivity contribution in [3.8, 4) is 0 Å². The first-order valence-corrected chi connectivity index (χ1v) is 11.8. The van der Waals surface area contributed by atoms with Gasteiger partial charge in [-0.05, 0) is 24.3 Å². The van der Waals surface area contributed by atoms with E-state index in [4.69, 9.17) is 11.5 Å². The number of anilines is 2. The first-order chi connectivity index (χ1) is 20.0. The third-order valence-corrected chi connectivity index (χ3v) is 5.16. The number of rotatable bonds is 9. The molecule has 0 bridgehead atoms. The summed E-state index contributed by atoms with van der Waals surface area (Å²) in [5, 5.41) is 21.1. The quantitative estimate of drug-likeness (QED) is 0.117. The van der Waals surface area contributed by atoms with Crippen LogP contribution in [0.15, 0.2) is 65.7 Å². The fourth-order valence-electron chi connectivity index (χ4n) is 3.08. The minimum atomic E-state index is -1.73. The summed E-state index contributed by atoms with van der Waals surface area (Å²) in [5.41, 5.74) is 9.21. The maximum atomic E-state index is 12.7. The van der Waals surface area contributed by atoms with E-state index in [2.05, 4.69) is 29.8 Å². The highest BCUT2D eigenvalue weighted by atomic mass is 16.6. The third kappa shape index (κ3) is 7.62. The van der Waals surface area contributed by atoms with Gasteiger partial charge in [-0.2, -0.15) is 0 Å². The lowest BCUT2D eigenvalue weighted by atomic mass is 10.2. The Morgan fingerprint density at radius 3 is 1.81 bits per heavy atom. The minimum Gasteiger partial charge on any atom is -0.394 e. The van der Waals surface area contributed by atoms with E-state index in [1.165, 1.54) is 48.5 Å². The molecule has 3 aromatic rings. The number of aliphatic imine (C=N–C) groups is 1. The number of amides is 2. The summed E-state index contributed by atoms with van der Waals surface area (Å²) >= 11 is 0. The lowest BCUT2D eigenvalue weighted by Gasteiger charge is -2.15. The molecule has 0 aliphatic rings. The van der Waals surface area contributed by atoms with Crippen molar-refractivity contribution in [3.63, 3.8) is 0 Å². The molecule has 42 heavy (non-hydrogen) atoms. The van der Waals surface area contributed by atoms with Crippen LogP contribution >= 0.6 is 0 Å². The topological polar surface area (TPSA) is 264 Å². The van der Waals surface area contributed by atoms with Gasteiger partial charge in [0, 0.05) is 0 Å². The number of hydrogen-bond donors (Lipinski definition) is 5. The van der Waals surface area contributed by atoms with Crippen molar-refractivity contribution in [2.75, 3.05) is 24.7 Å². The fraction of sp³-hybridized carbons (Fsp3) is 0.115. The average Bonchev–Trinajstić information content (AvgIpc) is 2.99. The Kier molecular flexibility index (Phi) is 10.2. The lowest BCUT2D eigenvalue weighted by Crippen LogP contribution is -2.45. The van der Waals surface area contributed by atoms with E-state index in [9.17, 15) is 39.0 Å². The lowest BCUT2D eigenvalue weighted by molar-refractivity contribution is -0.141. The summed E-state index contributed by atoms with van der Waals surface area (Å²) in [5.74, 6) is -8.72. The molecule has 0 saturated carbocycles. The first-order valence-electron chi connectivity index (χ1n) is 11.8. The average molecular weight is 578 g/mol. The van der Waals surface area contributed by atoms with Crippen LogP contribution in [-0.4, -0.2) is 80.8 Å². The summed E-state index contributed by atoms with van der Waals surface area (Å²) in [7, 11) is 0. The number of benzene rings is 2. The molecule has 0 spiro atoms. The van der Waals surface area contributed by atoms with Crippen molar-refractivity contribution in [1.29, 1.82) is 0 Å². The van der Waals surface area contributed by atoms with Gasteiger partial charge in [-0.15, -0.1) is 0 Å². The molecule has 16 nitrogen and oxygen atoms in total. The molecule has 0 aliphatic carbocycles. The number of aliphatic hydroxyl groups excluding tert-OH is 2. The molecule has 0 saturated heterocycles. The number of nitrogens with one attached hydrogen (secondary N) is 1. The smallest absolute Gasteiger partial charge is 0.363 e. The number of nitrogens with two attached hydrogens (primary N) is 2. The third-order valence-electron chi connectivity index (χ3n) is 5.16. The van der Waals surface area contributed by atoms with E-state index >= 15 is 0 Å². The van der Waals surface area contributed by atoms with Crippen LogP contribution in [0, 0.1) is 0 Å². The highest BCUT2D eigenvalue weighted by Crippen LogP contribution is 2.15. The van der Waals surface area contributed by atoms with E-state index in [1.807, 2.05) is 0 Å². The molecule has 2 aromatic carbocycles. The van der Waals surface area contributed by atoms with Crippen LogP contribution in [0.1, 0.15) is 41.7 Å². The van der Waals surface area contributed by atoms with E-state index in [0.29, 0.717) is 0 Å². The highest BCUT2D eigenvalue weighted by Gasteiger charge is 2.28. The molecule has 0 fully saturated rings. The number of carbonyl (C=O) groups is 6. The van der Waals surface area contributed by atoms with Gasteiger partial charge in [0.2, 0.25) is 0 Å². The Bertz CT molecular complexity index is 1560. The Labute approximate surface area is 236 Å². The zero-order valence-corrected chi connectivity index (χ0v) is 21.4. The van der Waals surface area contributed by atoms with Crippen molar-refractivity contribution < 1.29 is 48.5 Å². The van der Waals surface area contributed by atoms with Crippen molar-refractivity contribution in [1.82, 2.24) is 15.3 Å². The number of aliphatic hydroxyl groups is 2. The van der Waals surface area contributed by atoms with Gasteiger partial charge >= 0.3 is 23.9 Å². The molecule has 0 radical (unpaired) electrons. The Hall–Kier alpha value is -5.87. The van der Waals surface area contributed by atoms with Crippen LogP contribution in [0.2, 0.25) is 0 Å². The molecular weight excluding hydrogens is 556 g/mol. The van der Waals surface area contributed by atoms with Crippen molar-refractivity contribution in [3.05, 3.63) is 83.2 Å². The standard InChI is InChI=1S/C26H22N6O10/c27-19-17(21(35)29-15(11-33)25(39)41-23(37)13-7-3-1-4-8-13)31-20(28)18(32-19)22(36)30-16(12-34)26(40)42-24(38)14-9-5-2-6-10-14/h1-10,15,33-34H,11-12H2,(H2,28,31)(H2,27,32)(H,29,35)/t15-/m1/s1. The van der Waals surface area contributed by atoms with E-state index in [0.717, 1.165) is 0 Å². The maximum absolute atomic E-state index is 12.7. The van der Waals surface area contributed by atoms with Crippen LogP contribution in [0.25, 0.3) is 0 Å². The summed E-state index contributed by atoms with van der Waals surface area (Å²) < 4.78 is 9.27. The number of hydrogen-bond acceptors (Lipinski definition) is 14. The van der Waals surface area contributed by atoms with Crippen LogP contribution in [0.5, 0.6) is 0 Å². The molecule has 216 valence electrons. The summed E-state index contributed by atoms with van der Waals surface area (Å²) in [6.45, 7) is -2.09. The second-order valence-corrected chi connectivity index (χ2v) is 8.04. The van der Waals surface area contributed by atoms with Gasteiger partial charge in [0.1, 0.15) is 0 Å². The number of nitrogens with zero attached hydrogens (tertiary/aromatic N) is 3. The minimum absolute atomic E-state index is 0.0192. The van der Waals surface area contributed by atoms with Gasteiger partial charge in [-0.3, -0.25) is 9.59 Å². The fourth-order valence-corrected chi connectivity index (χ4v) is 3.08. The molecule has 3 rings (SSSR count). The van der Waals surface area contributed by atoms with Crippen LogP contribution in [-0.2, 0) is 19.1 Å². The van der Waals surface area contributed by atoms with Crippen LogP contribution in [0.4, 0.5) is 11.6 Å². The van der Waals surface area contributed by atoms with Crippen molar-refractivity contribution >= 4 is 53.0 Å². The molecule has 0 aliphatic heterocycles. The molecule has 2 amide bonds. The predicted octanol–water partition coefficient (Wildman–Crippen LogP) is -0.928. The number of esters is 4. The number of nitrogen functional groups attached to an aromatic ring is 2. The number of ether oxygens (including phenoxy) is 2. The molecule has 1 heterocycles. The van der Waals surface area contributed by atoms with Gasteiger partial charge in [0.05, 0.1) is 24.3 Å². The second-order valence-electron chi connectivity index (χ2n) is 8.04. The summed E-state index contributed by atoms with van der Waals surface area (Å²) in [6, 6.07) is 13.1. The van der Waals surface area contributed by atoms with Gasteiger partial charge in [0.25, 0.3) is 11.8 Å². The van der Waals surface area contributed by atoms with Gasteiger partial charge in [-0.25, -0.2) is 34.1 Å². The molecule has 1 aromatic heterocycles. The predicted molar refractivity (Wildman–Crippen MR) is 142 cm³/mol. The highest BCUT2D eigenvalue weighted by molar-refractivity contribution is 6.40. The van der Waals surface area contributed by atoms with E-state index < -0.39 is 83.7 Å². The summed E-state index contributed by atoms with van der Waals surface area (Å²) in [6.07, 6.45) is 0. The molecule has 16 heteroatoms.